The van der Waals surface area contributed by atoms with Crippen LogP contribution in [0.4, 0.5) is 4.39 Å². The summed E-state index contributed by atoms with van der Waals surface area (Å²) in [6.45, 7) is 6.71. The van der Waals surface area contributed by atoms with Crippen molar-refractivity contribution in [3.8, 4) is 5.69 Å². The van der Waals surface area contributed by atoms with E-state index >= 15 is 0 Å². The molecule has 1 saturated heterocycles. The van der Waals surface area contributed by atoms with E-state index in [4.69, 9.17) is 4.74 Å². The van der Waals surface area contributed by atoms with Crippen LogP contribution in [0.1, 0.15) is 30.0 Å². The smallest absolute Gasteiger partial charge is 0.276 e. The molecule has 1 amide bonds. The lowest BCUT2D eigenvalue weighted by atomic mass is 10.1. The fourth-order valence-corrected chi connectivity index (χ4v) is 2.68. The fourth-order valence-electron chi connectivity index (χ4n) is 2.68. The van der Waals surface area contributed by atoms with Crippen molar-refractivity contribution in [2.24, 2.45) is 0 Å². The minimum Gasteiger partial charge on any atom is -0.375 e. The van der Waals surface area contributed by atoms with Gasteiger partial charge in [-0.2, -0.15) is 0 Å². The third kappa shape index (κ3) is 2.96. The van der Waals surface area contributed by atoms with Crippen LogP contribution in [0.2, 0.25) is 0 Å². The third-order valence-corrected chi connectivity index (χ3v) is 4.04. The van der Waals surface area contributed by atoms with E-state index < -0.39 is 0 Å². The summed E-state index contributed by atoms with van der Waals surface area (Å²) in [5.74, 6) is -0.475. The van der Waals surface area contributed by atoms with E-state index in [1.807, 2.05) is 13.8 Å². The first-order chi connectivity index (χ1) is 11.0. The number of morpholine rings is 1. The normalized spacial score (nSPS) is 21.5. The number of carbonyl (C=O) groups is 1. The van der Waals surface area contributed by atoms with Crippen LogP contribution in [0.3, 0.4) is 0 Å². The van der Waals surface area contributed by atoms with Gasteiger partial charge in [-0.15, -0.1) is 5.10 Å². The van der Waals surface area contributed by atoms with Gasteiger partial charge in [-0.25, -0.2) is 9.07 Å². The second kappa shape index (κ2) is 6.08. The lowest BCUT2D eigenvalue weighted by molar-refractivity contribution is -0.0389. The molecule has 122 valence electrons. The lowest BCUT2D eigenvalue weighted by Crippen LogP contribution is -2.50. The minimum atomic E-state index is -0.320. The van der Waals surface area contributed by atoms with E-state index in [1.165, 1.54) is 12.1 Å². The van der Waals surface area contributed by atoms with E-state index in [0.29, 0.717) is 30.2 Å². The summed E-state index contributed by atoms with van der Waals surface area (Å²) >= 11 is 0. The van der Waals surface area contributed by atoms with Crippen molar-refractivity contribution < 1.29 is 13.9 Å². The van der Waals surface area contributed by atoms with Gasteiger partial charge in [0.1, 0.15) is 5.82 Å². The van der Waals surface area contributed by atoms with Crippen LogP contribution in [0.15, 0.2) is 24.3 Å². The fraction of sp³-hybridized carbons (Fsp3) is 0.438. The van der Waals surface area contributed by atoms with Crippen LogP contribution in [0.25, 0.3) is 5.69 Å². The molecule has 1 aromatic carbocycles. The van der Waals surface area contributed by atoms with Crippen molar-refractivity contribution in [1.82, 2.24) is 19.9 Å². The average molecular weight is 318 g/mol. The Morgan fingerprint density at radius 3 is 2.70 bits per heavy atom. The summed E-state index contributed by atoms with van der Waals surface area (Å²) in [5, 5.41) is 8.08. The highest BCUT2D eigenvalue weighted by Gasteiger charge is 2.31. The van der Waals surface area contributed by atoms with Crippen molar-refractivity contribution in [2.45, 2.75) is 32.9 Å². The number of ether oxygens (including phenoxy) is 1. The first-order valence-electron chi connectivity index (χ1n) is 7.58. The van der Waals surface area contributed by atoms with Crippen molar-refractivity contribution >= 4 is 5.91 Å². The minimum absolute atomic E-state index is 0.00241. The third-order valence-electron chi connectivity index (χ3n) is 4.04. The van der Waals surface area contributed by atoms with Crippen LogP contribution in [-0.2, 0) is 4.74 Å². The average Bonchev–Trinajstić information content (AvgIpc) is 2.91. The molecule has 2 atom stereocenters. The van der Waals surface area contributed by atoms with Gasteiger partial charge in [0.25, 0.3) is 5.91 Å². The van der Waals surface area contributed by atoms with Gasteiger partial charge in [0, 0.05) is 6.54 Å². The molecule has 1 aliphatic heterocycles. The molecule has 0 radical (unpaired) electrons. The number of halogens is 1. The van der Waals surface area contributed by atoms with Gasteiger partial charge in [-0.3, -0.25) is 4.79 Å². The standard InChI is InChI=1S/C16H19FN4O2/c1-10-9-23-11(2)8-20(10)16(22)15-12(3)21(19-18-15)14-6-4-13(17)5-7-14/h4-7,10-11H,8-9H2,1-3H3/t10-,11+/m1/s1. The van der Waals surface area contributed by atoms with Crippen LogP contribution in [-0.4, -0.2) is 51.1 Å². The molecule has 0 unspecified atom stereocenters. The van der Waals surface area contributed by atoms with Crippen molar-refractivity contribution in [3.63, 3.8) is 0 Å². The molecule has 0 bridgehead atoms. The second-order valence-corrected chi connectivity index (χ2v) is 5.86. The summed E-state index contributed by atoms with van der Waals surface area (Å²) < 4.78 is 20.1. The molecule has 2 heterocycles. The number of hydrogen-bond donors (Lipinski definition) is 0. The van der Waals surface area contributed by atoms with Gasteiger partial charge in [0.15, 0.2) is 5.69 Å². The summed E-state index contributed by atoms with van der Waals surface area (Å²) in [5.41, 5.74) is 1.61. The van der Waals surface area contributed by atoms with Gasteiger partial charge in [0.2, 0.25) is 0 Å². The van der Waals surface area contributed by atoms with Crippen LogP contribution in [0, 0.1) is 12.7 Å². The number of aromatic nitrogens is 3. The quantitative estimate of drug-likeness (QED) is 0.849. The Labute approximate surface area is 133 Å². The molecule has 2 aromatic rings. The predicted octanol–water partition coefficient (Wildman–Crippen LogP) is 1.96. The number of benzene rings is 1. The first kappa shape index (κ1) is 15.6. The number of nitrogens with zero attached hydrogens (tertiary/aromatic N) is 4. The Kier molecular flexibility index (Phi) is 4.12. The number of rotatable bonds is 2. The maximum Gasteiger partial charge on any atom is 0.276 e. The van der Waals surface area contributed by atoms with Crippen LogP contribution in [0.5, 0.6) is 0 Å². The van der Waals surface area contributed by atoms with Gasteiger partial charge in [0.05, 0.1) is 30.1 Å². The Morgan fingerprint density at radius 1 is 1.30 bits per heavy atom. The highest BCUT2D eigenvalue weighted by molar-refractivity contribution is 5.93. The van der Waals surface area contributed by atoms with E-state index in [2.05, 4.69) is 10.3 Å². The topological polar surface area (TPSA) is 60.3 Å². The highest BCUT2D eigenvalue weighted by Crippen LogP contribution is 2.18. The summed E-state index contributed by atoms with van der Waals surface area (Å²) in [6.07, 6.45) is 0.00241. The molecule has 7 heteroatoms. The molecule has 1 fully saturated rings. The summed E-state index contributed by atoms with van der Waals surface area (Å²) in [4.78, 5) is 14.5. The molecule has 23 heavy (non-hydrogen) atoms. The summed E-state index contributed by atoms with van der Waals surface area (Å²) in [6, 6.07) is 5.90. The zero-order valence-electron chi connectivity index (χ0n) is 13.4. The maximum atomic E-state index is 13.0. The van der Waals surface area contributed by atoms with Crippen molar-refractivity contribution in [1.29, 1.82) is 0 Å². The predicted molar refractivity (Wildman–Crippen MR) is 82.0 cm³/mol. The molecule has 0 spiro atoms. The molecule has 1 aromatic heterocycles. The maximum absolute atomic E-state index is 13.0. The SMILES string of the molecule is Cc1c(C(=O)N2C[C@H](C)OC[C@H]2C)nnn1-c1ccc(F)cc1. The zero-order valence-corrected chi connectivity index (χ0v) is 13.4. The molecule has 3 rings (SSSR count). The van der Waals surface area contributed by atoms with Crippen LogP contribution < -0.4 is 0 Å². The van der Waals surface area contributed by atoms with Gasteiger partial charge in [-0.1, -0.05) is 5.21 Å². The van der Waals surface area contributed by atoms with E-state index in [-0.39, 0.29) is 23.9 Å². The molecule has 0 N–H and O–H groups in total. The first-order valence-corrected chi connectivity index (χ1v) is 7.58. The Hall–Kier alpha value is -2.28. The van der Waals surface area contributed by atoms with Crippen molar-refractivity contribution in [2.75, 3.05) is 13.2 Å². The monoisotopic (exact) mass is 318 g/mol. The van der Waals surface area contributed by atoms with Gasteiger partial charge >= 0.3 is 0 Å². The van der Waals surface area contributed by atoms with Crippen molar-refractivity contribution in [3.05, 3.63) is 41.5 Å². The number of hydrogen-bond acceptors (Lipinski definition) is 4. The van der Waals surface area contributed by atoms with Gasteiger partial charge < -0.3 is 9.64 Å². The zero-order chi connectivity index (χ0) is 16.6. The molecular weight excluding hydrogens is 299 g/mol. The van der Waals surface area contributed by atoms with E-state index in [0.717, 1.165) is 0 Å². The Balaban J connectivity index is 1.89. The van der Waals surface area contributed by atoms with E-state index in [1.54, 1.807) is 28.6 Å². The number of amides is 1. The lowest BCUT2D eigenvalue weighted by Gasteiger charge is -2.36. The molecule has 6 nitrogen and oxygen atoms in total. The highest BCUT2D eigenvalue weighted by atomic mass is 19.1. The molecule has 1 aliphatic rings. The summed E-state index contributed by atoms with van der Waals surface area (Å²) in [7, 11) is 0. The Morgan fingerprint density at radius 2 is 2.00 bits per heavy atom. The number of carbonyl (C=O) groups excluding carboxylic acids is 1. The van der Waals surface area contributed by atoms with Crippen LogP contribution >= 0.6 is 0 Å². The second-order valence-electron chi connectivity index (χ2n) is 5.86. The van der Waals surface area contributed by atoms with Gasteiger partial charge in [-0.05, 0) is 45.0 Å². The molecule has 0 aliphatic carbocycles. The van der Waals surface area contributed by atoms with E-state index in [9.17, 15) is 9.18 Å². The Bertz CT molecular complexity index is 713. The molecule has 0 saturated carbocycles. The molecular formula is C16H19FN4O2. The largest absolute Gasteiger partial charge is 0.375 e.